The van der Waals surface area contributed by atoms with Crippen LogP contribution in [0, 0.1) is 0 Å². The number of rotatable bonds is 8. The Kier molecular flexibility index (Phi) is 11.1. The van der Waals surface area contributed by atoms with Gasteiger partial charge in [-0.15, -0.1) is 17.2 Å². The second-order valence-electron chi connectivity index (χ2n) is 10.8. The van der Waals surface area contributed by atoms with Gasteiger partial charge in [0.25, 0.3) is 0 Å². The van der Waals surface area contributed by atoms with Crippen LogP contribution in [0.25, 0.3) is 11.1 Å². The fourth-order valence-electron chi connectivity index (χ4n) is 5.77. The Morgan fingerprint density at radius 3 is 1.30 bits per heavy atom. The second-order valence-corrected chi connectivity index (χ2v) is 16.4. The van der Waals surface area contributed by atoms with Gasteiger partial charge in [0, 0.05) is 38.3 Å². The van der Waals surface area contributed by atoms with Crippen LogP contribution in [0.3, 0.4) is 0 Å². The molecule has 0 aliphatic rings. The van der Waals surface area contributed by atoms with E-state index in [1.807, 2.05) is 182 Å². The van der Waals surface area contributed by atoms with Gasteiger partial charge in [-0.2, -0.15) is 12.1 Å². The zero-order valence-electron chi connectivity index (χ0n) is 25.2. The topological polar surface area (TPSA) is 34.1 Å². The summed E-state index contributed by atoms with van der Waals surface area (Å²) in [5.41, 5.74) is 2.86. The largest absolute Gasteiger partial charge is 0.748 e. The van der Waals surface area contributed by atoms with Gasteiger partial charge < -0.3 is 39.5 Å². The summed E-state index contributed by atoms with van der Waals surface area (Å²) in [7, 11) is -6.21. The SMILES string of the molecule is O=P(C[c-]1cccc1-c1ccccc1P(=O)(c1ccccc1)c1ccccc1)(c1ccccc1)c1ccccc1.[Fe].[cH-]1[cH-][cH-][cH-][cH-]1. The molecule has 7 rings (SSSR count). The normalized spacial score (nSPS) is 11.1. The molecule has 7 aromatic rings. The van der Waals surface area contributed by atoms with Crippen LogP contribution in [0.15, 0.2) is 194 Å². The van der Waals surface area contributed by atoms with Crippen LogP contribution in [0.1, 0.15) is 5.56 Å². The monoisotopic (exact) mass is 676 g/mol. The molecule has 0 aromatic heterocycles. The summed E-state index contributed by atoms with van der Waals surface area (Å²) in [5.74, 6) is 0. The first kappa shape index (κ1) is 33.2. The van der Waals surface area contributed by atoms with Crippen molar-refractivity contribution in [2.24, 2.45) is 0 Å². The maximum absolute atomic E-state index is 15.3. The van der Waals surface area contributed by atoms with Crippen molar-refractivity contribution < 1.29 is 26.2 Å². The Morgan fingerprint density at radius 2 is 0.848 bits per heavy atom. The molecule has 0 radical (unpaired) electrons. The van der Waals surface area contributed by atoms with Crippen LogP contribution in [0.2, 0.25) is 0 Å². The molecule has 0 aliphatic heterocycles. The fraction of sp³-hybridized carbons (Fsp3) is 0.0244. The minimum absolute atomic E-state index is 0. The Morgan fingerprint density at radius 1 is 0.457 bits per heavy atom. The van der Waals surface area contributed by atoms with E-state index in [0.717, 1.165) is 43.2 Å². The van der Waals surface area contributed by atoms with E-state index in [9.17, 15) is 4.57 Å². The summed E-state index contributed by atoms with van der Waals surface area (Å²) in [6.45, 7) is 0. The molecule has 0 saturated carbocycles. The van der Waals surface area contributed by atoms with E-state index in [1.165, 1.54) is 0 Å². The van der Waals surface area contributed by atoms with Crippen molar-refractivity contribution in [3.63, 3.8) is 0 Å². The summed E-state index contributed by atoms with van der Waals surface area (Å²) in [5, 5.41) is 4.04. The molecule has 0 bridgehead atoms. The van der Waals surface area contributed by atoms with Crippen LogP contribution in [0.4, 0.5) is 0 Å². The van der Waals surface area contributed by atoms with Crippen molar-refractivity contribution in [3.8, 4) is 11.1 Å². The maximum Gasteiger partial charge on any atom is 0.162 e. The van der Waals surface area contributed by atoms with Crippen LogP contribution < -0.4 is 26.5 Å². The fourth-order valence-corrected chi connectivity index (χ4v) is 11.4. The predicted molar refractivity (Wildman–Crippen MR) is 192 cm³/mol. The van der Waals surface area contributed by atoms with Crippen LogP contribution in [-0.2, 0) is 32.4 Å². The molecule has 0 spiro atoms. The third kappa shape index (κ3) is 6.95. The zero-order chi connectivity index (χ0) is 31.0. The number of hydrogen-bond donors (Lipinski definition) is 0. The van der Waals surface area contributed by atoms with Gasteiger partial charge in [-0.05, 0) is 11.5 Å². The van der Waals surface area contributed by atoms with E-state index in [1.54, 1.807) is 0 Å². The van der Waals surface area contributed by atoms with E-state index in [4.69, 9.17) is 0 Å². The van der Waals surface area contributed by atoms with E-state index in [-0.39, 0.29) is 17.1 Å². The van der Waals surface area contributed by atoms with Gasteiger partial charge in [-0.1, -0.05) is 151 Å². The molecule has 0 aliphatic carbocycles. The third-order valence-electron chi connectivity index (χ3n) is 7.97. The Bertz CT molecular complexity index is 1910. The molecule has 234 valence electrons. The summed E-state index contributed by atoms with van der Waals surface area (Å²) in [6, 6.07) is 63.1. The second kappa shape index (κ2) is 15.4. The zero-order valence-corrected chi connectivity index (χ0v) is 28.1. The predicted octanol–water partition coefficient (Wildman–Crippen LogP) is 8.63. The van der Waals surface area contributed by atoms with Gasteiger partial charge in [0.2, 0.25) is 0 Å². The standard InChI is InChI=1S/C36H29O2P2.C5H5.Fe/c37-39(30-17-5-1-6-18-30,31-19-7-2-8-20-31)28-29-16-15-26-34(29)35-25-13-14-27-36(35)40(38,32-21-9-3-10-22-32)33-23-11-4-12-24-33;1-2-4-5-3-1;/h1-27H,28H2;1-5H;/q-1;-5;. The Balaban J connectivity index is 0.000000635. The summed E-state index contributed by atoms with van der Waals surface area (Å²) in [6.07, 6.45) is 0.374. The van der Waals surface area contributed by atoms with E-state index >= 15 is 4.57 Å². The molecular weight excluding hydrogens is 642 g/mol. The molecule has 0 fully saturated rings. The first-order valence-corrected chi connectivity index (χ1v) is 18.6. The maximum atomic E-state index is 15.3. The smallest absolute Gasteiger partial charge is 0.162 e. The molecule has 0 saturated heterocycles. The van der Waals surface area contributed by atoms with Crippen LogP contribution >= 0.6 is 14.3 Å². The summed E-state index contributed by atoms with van der Waals surface area (Å²) < 4.78 is 30.3. The van der Waals surface area contributed by atoms with E-state index in [2.05, 4.69) is 12.1 Å². The Hall–Kier alpha value is -4.22. The van der Waals surface area contributed by atoms with E-state index in [0.29, 0.717) is 6.16 Å². The number of hydrogen-bond acceptors (Lipinski definition) is 2. The molecular formula is C41H34FeO2P2-6. The molecule has 7 aromatic carbocycles. The molecule has 0 atom stereocenters. The molecule has 0 amide bonds. The first-order chi connectivity index (χ1) is 22.1. The van der Waals surface area contributed by atoms with Gasteiger partial charge in [0.1, 0.15) is 7.14 Å². The molecule has 5 heteroatoms. The molecule has 2 nitrogen and oxygen atoms in total. The van der Waals surface area contributed by atoms with Crippen LogP contribution in [0.5, 0.6) is 0 Å². The average Bonchev–Trinajstić information content (AvgIpc) is 3.86. The van der Waals surface area contributed by atoms with Gasteiger partial charge >= 0.3 is 0 Å². The number of benzene rings is 5. The minimum Gasteiger partial charge on any atom is -0.748 e. The Labute approximate surface area is 282 Å². The van der Waals surface area contributed by atoms with Crippen molar-refractivity contribution >= 4 is 40.8 Å². The molecule has 46 heavy (non-hydrogen) atoms. The first-order valence-electron chi connectivity index (χ1n) is 15.0. The van der Waals surface area contributed by atoms with Gasteiger partial charge in [-0.3, -0.25) is 0 Å². The van der Waals surface area contributed by atoms with Gasteiger partial charge in [0.05, 0.1) is 0 Å². The van der Waals surface area contributed by atoms with Gasteiger partial charge in [0.15, 0.2) is 7.14 Å². The van der Waals surface area contributed by atoms with E-state index < -0.39 is 14.3 Å². The molecule has 0 N–H and O–H groups in total. The third-order valence-corrected chi connectivity index (χ3v) is 14.1. The van der Waals surface area contributed by atoms with Crippen molar-refractivity contribution in [3.05, 3.63) is 200 Å². The van der Waals surface area contributed by atoms with Crippen LogP contribution in [-0.4, -0.2) is 0 Å². The minimum atomic E-state index is -3.21. The molecule has 0 unspecified atom stereocenters. The quantitative estimate of drug-likeness (QED) is 0.0918. The van der Waals surface area contributed by atoms with Gasteiger partial charge in [-0.25, -0.2) is 0 Å². The van der Waals surface area contributed by atoms with Crippen molar-refractivity contribution in [1.29, 1.82) is 0 Å². The van der Waals surface area contributed by atoms with Crippen molar-refractivity contribution in [1.82, 2.24) is 0 Å². The van der Waals surface area contributed by atoms with Crippen molar-refractivity contribution in [2.45, 2.75) is 6.16 Å². The molecule has 0 heterocycles. The van der Waals surface area contributed by atoms with Crippen molar-refractivity contribution in [2.75, 3.05) is 0 Å². The summed E-state index contributed by atoms with van der Waals surface area (Å²) >= 11 is 0. The summed E-state index contributed by atoms with van der Waals surface area (Å²) in [4.78, 5) is 0. The average molecular weight is 677 g/mol.